The Balaban J connectivity index is 2.78. The van der Waals surface area contributed by atoms with Gasteiger partial charge in [0.15, 0.2) is 11.6 Å². The summed E-state index contributed by atoms with van der Waals surface area (Å²) in [5.74, 6) is -5.24. The lowest BCUT2D eigenvalue weighted by atomic mass is 10.2. The maximum atomic E-state index is 13.3. The molecule has 5 nitrogen and oxygen atoms in total. The van der Waals surface area contributed by atoms with Gasteiger partial charge in [-0.1, -0.05) is 6.08 Å². The van der Waals surface area contributed by atoms with Crippen molar-refractivity contribution in [1.29, 1.82) is 0 Å². The molecule has 0 saturated carbocycles. The van der Waals surface area contributed by atoms with Crippen LogP contribution in [-0.4, -0.2) is 23.1 Å². The Hall–Kier alpha value is -2.51. The average Bonchev–Trinajstić information content (AvgIpc) is 2.35. The number of urea groups is 1. The zero-order valence-corrected chi connectivity index (χ0v) is 10.1. The number of carbonyl (C=O) groups excluding carboxylic acids is 1. The van der Waals surface area contributed by atoms with Gasteiger partial charge in [-0.2, -0.15) is 0 Å². The summed E-state index contributed by atoms with van der Waals surface area (Å²) in [5, 5.41) is 12.7. The fraction of sp³-hybridized carbons (Fsp3) is 0.167. The summed E-state index contributed by atoms with van der Waals surface area (Å²) in [7, 11) is 0. The van der Waals surface area contributed by atoms with Crippen LogP contribution >= 0.6 is 0 Å². The molecular formula is C12H11F3N2O3. The van der Waals surface area contributed by atoms with Crippen molar-refractivity contribution in [2.75, 3.05) is 5.32 Å². The number of amides is 2. The first-order valence-corrected chi connectivity index (χ1v) is 5.41. The van der Waals surface area contributed by atoms with E-state index < -0.39 is 41.2 Å². The van der Waals surface area contributed by atoms with E-state index in [1.165, 1.54) is 6.08 Å². The first-order valence-electron chi connectivity index (χ1n) is 5.41. The van der Waals surface area contributed by atoms with Crippen molar-refractivity contribution < 1.29 is 27.9 Å². The van der Waals surface area contributed by atoms with Crippen molar-refractivity contribution >= 4 is 17.7 Å². The highest BCUT2D eigenvalue weighted by atomic mass is 19.2. The molecule has 0 aromatic heterocycles. The van der Waals surface area contributed by atoms with E-state index in [0.29, 0.717) is 6.07 Å². The lowest BCUT2D eigenvalue weighted by Gasteiger charge is -2.13. The number of nitrogens with one attached hydrogen (secondary N) is 2. The molecule has 1 aromatic rings. The molecule has 0 saturated heterocycles. The molecule has 108 valence electrons. The summed E-state index contributed by atoms with van der Waals surface area (Å²) in [5.41, 5.74) is -0.607. The first kappa shape index (κ1) is 15.5. The summed E-state index contributed by atoms with van der Waals surface area (Å²) >= 11 is 0. The third-order valence-corrected chi connectivity index (χ3v) is 2.26. The summed E-state index contributed by atoms with van der Waals surface area (Å²) in [4.78, 5) is 22.2. The Morgan fingerprint density at radius 3 is 2.40 bits per heavy atom. The normalized spacial score (nSPS) is 11.6. The number of rotatable bonds is 5. The van der Waals surface area contributed by atoms with Gasteiger partial charge < -0.3 is 15.7 Å². The van der Waals surface area contributed by atoms with Crippen molar-refractivity contribution in [2.24, 2.45) is 0 Å². The second-order valence-electron chi connectivity index (χ2n) is 3.76. The predicted molar refractivity (Wildman–Crippen MR) is 64.7 cm³/mol. The summed E-state index contributed by atoms with van der Waals surface area (Å²) in [6.45, 7) is 3.32. The number of carboxylic acid groups (broad SMARTS) is 1. The molecular weight excluding hydrogens is 277 g/mol. The minimum absolute atomic E-state index is 0.0526. The van der Waals surface area contributed by atoms with Crippen LogP contribution in [0.1, 0.15) is 6.42 Å². The summed E-state index contributed by atoms with van der Waals surface area (Å²) < 4.78 is 38.8. The van der Waals surface area contributed by atoms with Crippen LogP contribution in [0.25, 0.3) is 0 Å². The van der Waals surface area contributed by atoms with Gasteiger partial charge >= 0.3 is 12.0 Å². The molecule has 3 N–H and O–H groups in total. The SMILES string of the molecule is C=CCC(NC(=O)Nc1cc(F)c(F)cc1F)C(=O)O. The van der Waals surface area contributed by atoms with Crippen LogP contribution in [0.4, 0.5) is 23.7 Å². The van der Waals surface area contributed by atoms with Gasteiger partial charge in [0.2, 0.25) is 0 Å². The molecule has 1 aromatic carbocycles. The Labute approximate surface area is 112 Å². The minimum Gasteiger partial charge on any atom is -0.480 e. The summed E-state index contributed by atoms with van der Waals surface area (Å²) in [6, 6.07) is -1.61. The van der Waals surface area contributed by atoms with Crippen molar-refractivity contribution in [3.63, 3.8) is 0 Å². The van der Waals surface area contributed by atoms with Crippen molar-refractivity contribution in [3.8, 4) is 0 Å². The number of carbonyl (C=O) groups is 2. The second kappa shape index (κ2) is 6.60. The monoisotopic (exact) mass is 288 g/mol. The highest BCUT2D eigenvalue weighted by Crippen LogP contribution is 2.18. The quantitative estimate of drug-likeness (QED) is 0.574. The lowest BCUT2D eigenvalue weighted by Crippen LogP contribution is -2.42. The predicted octanol–water partition coefficient (Wildman–Crippen LogP) is 2.25. The third-order valence-electron chi connectivity index (χ3n) is 2.26. The van der Waals surface area contributed by atoms with E-state index >= 15 is 0 Å². The fourth-order valence-corrected chi connectivity index (χ4v) is 1.32. The van der Waals surface area contributed by atoms with Gasteiger partial charge in [-0.15, -0.1) is 6.58 Å². The Morgan fingerprint density at radius 1 is 1.25 bits per heavy atom. The number of halogens is 3. The Bertz CT molecular complexity index is 549. The molecule has 0 spiro atoms. The molecule has 1 rings (SSSR count). The average molecular weight is 288 g/mol. The maximum Gasteiger partial charge on any atom is 0.326 e. The van der Waals surface area contributed by atoms with Gasteiger partial charge in [0.25, 0.3) is 0 Å². The van der Waals surface area contributed by atoms with E-state index in [1.54, 1.807) is 0 Å². The van der Waals surface area contributed by atoms with E-state index in [9.17, 15) is 22.8 Å². The first-order chi connectivity index (χ1) is 9.35. The van der Waals surface area contributed by atoms with Gasteiger partial charge in [-0.25, -0.2) is 22.8 Å². The highest BCUT2D eigenvalue weighted by Gasteiger charge is 2.19. The summed E-state index contributed by atoms with van der Waals surface area (Å²) in [6.07, 6.45) is 1.22. The molecule has 1 atom stereocenters. The van der Waals surface area contributed by atoms with Crippen LogP contribution in [0.5, 0.6) is 0 Å². The van der Waals surface area contributed by atoms with Crippen LogP contribution in [0, 0.1) is 17.5 Å². The molecule has 0 radical (unpaired) electrons. The Morgan fingerprint density at radius 2 is 1.85 bits per heavy atom. The van der Waals surface area contributed by atoms with Crippen LogP contribution in [0.15, 0.2) is 24.8 Å². The maximum absolute atomic E-state index is 13.3. The number of aliphatic carboxylic acids is 1. The van der Waals surface area contributed by atoms with Gasteiger partial charge in [-0.05, 0) is 6.42 Å². The van der Waals surface area contributed by atoms with Crippen LogP contribution < -0.4 is 10.6 Å². The topological polar surface area (TPSA) is 78.4 Å². The molecule has 0 heterocycles. The second-order valence-corrected chi connectivity index (χ2v) is 3.76. The number of carboxylic acids is 1. The number of hydrogen-bond donors (Lipinski definition) is 3. The number of anilines is 1. The van der Waals surface area contributed by atoms with Gasteiger partial charge in [0, 0.05) is 12.1 Å². The van der Waals surface area contributed by atoms with Gasteiger partial charge in [-0.3, -0.25) is 0 Å². The van der Waals surface area contributed by atoms with E-state index in [0.717, 1.165) is 0 Å². The van der Waals surface area contributed by atoms with Crippen molar-refractivity contribution in [2.45, 2.75) is 12.5 Å². The lowest BCUT2D eigenvalue weighted by molar-refractivity contribution is -0.139. The third kappa shape index (κ3) is 4.01. The van der Waals surface area contributed by atoms with Gasteiger partial charge in [0.05, 0.1) is 5.69 Å². The van der Waals surface area contributed by atoms with E-state index in [-0.39, 0.29) is 12.5 Å². The van der Waals surface area contributed by atoms with Crippen molar-refractivity contribution in [3.05, 3.63) is 42.2 Å². The largest absolute Gasteiger partial charge is 0.480 e. The molecule has 8 heteroatoms. The smallest absolute Gasteiger partial charge is 0.326 e. The molecule has 0 aliphatic heterocycles. The molecule has 20 heavy (non-hydrogen) atoms. The van der Waals surface area contributed by atoms with E-state index in [1.807, 2.05) is 10.6 Å². The van der Waals surface area contributed by atoms with Crippen LogP contribution in [0.3, 0.4) is 0 Å². The van der Waals surface area contributed by atoms with Crippen molar-refractivity contribution in [1.82, 2.24) is 5.32 Å². The molecule has 2 amide bonds. The van der Waals surface area contributed by atoms with E-state index in [4.69, 9.17) is 5.11 Å². The Kier molecular flexibility index (Phi) is 5.13. The molecule has 0 aliphatic carbocycles. The zero-order valence-electron chi connectivity index (χ0n) is 10.1. The molecule has 0 aliphatic rings. The minimum atomic E-state index is -1.40. The van der Waals surface area contributed by atoms with E-state index in [2.05, 4.69) is 6.58 Å². The number of hydrogen-bond acceptors (Lipinski definition) is 2. The zero-order chi connectivity index (χ0) is 15.3. The standard InChI is InChI=1S/C12H11F3N2O3/c1-2-3-9(11(18)19)16-12(20)17-10-5-7(14)6(13)4-8(10)15/h2,4-5,9H,1,3H2,(H,18,19)(H2,16,17,20). The molecule has 0 fully saturated rings. The highest BCUT2D eigenvalue weighted by molar-refractivity contribution is 5.92. The number of benzene rings is 1. The van der Waals surface area contributed by atoms with Gasteiger partial charge in [0.1, 0.15) is 11.9 Å². The van der Waals surface area contributed by atoms with Crippen LogP contribution in [-0.2, 0) is 4.79 Å². The fourth-order valence-electron chi connectivity index (χ4n) is 1.32. The molecule has 0 bridgehead atoms. The molecule has 1 unspecified atom stereocenters. The van der Waals surface area contributed by atoms with Crippen LogP contribution in [0.2, 0.25) is 0 Å².